The minimum absolute atomic E-state index is 0.203. The molecule has 1 heterocycles. The van der Waals surface area contributed by atoms with E-state index >= 15 is 0 Å². The second-order valence-electron chi connectivity index (χ2n) is 5.82. The number of carbonyl (C=O) groups excluding carboxylic acids is 2. The minimum Gasteiger partial charge on any atom is -0.462 e. The topological polar surface area (TPSA) is 68.5 Å². The van der Waals surface area contributed by atoms with Crippen molar-refractivity contribution in [1.82, 2.24) is 0 Å². The number of hydrogen-bond donors (Lipinski definition) is 1. The van der Waals surface area contributed by atoms with E-state index in [1.807, 2.05) is 19.1 Å². The zero-order valence-electron chi connectivity index (χ0n) is 14.3. The lowest BCUT2D eigenvalue weighted by Gasteiger charge is -2.07. The second-order valence-corrected chi connectivity index (χ2v) is 6.73. The molecule has 134 valence electrons. The normalized spacial score (nSPS) is 10.7. The number of esters is 1. The van der Waals surface area contributed by atoms with Gasteiger partial charge in [0.05, 0.1) is 12.2 Å². The lowest BCUT2D eigenvalue weighted by molar-refractivity contribution is 0.0499. The largest absolute Gasteiger partial charge is 0.462 e. The van der Waals surface area contributed by atoms with Crippen LogP contribution < -0.4 is 5.32 Å². The van der Waals surface area contributed by atoms with Crippen LogP contribution in [-0.4, -0.2) is 18.5 Å². The first-order valence-electron chi connectivity index (χ1n) is 8.34. The van der Waals surface area contributed by atoms with Crippen LogP contribution in [0.3, 0.4) is 0 Å². The van der Waals surface area contributed by atoms with Gasteiger partial charge in [-0.1, -0.05) is 35.3 Å². The predicted molar refractivity (Wildman–Crippen MR) is 103 cm³/mol. The molecule has 1 N–H and O–H groups in total. The Bertz CT molecular complexity index is 948. The number of nitrogens with one attached hydrogen (secondary N) is 1. The fraction of sp³-hybridized carbons (Fsp3) is 0.200. The first-order valence-corrected chi connectivity index (χ1v) is 9.14. The highest BCUT2D eigenvalue weighted by Crippen LogP contribution is 2.24. The minimum atomic E-state index is -0.400. The standard InChI is InChI=1S/C20H18BrNO4/c1-2-3-9-25-20(24)13-5-4-6-16(11-13)22-19(23)18-12-14-10-15(21)7-8-17(14)26-18/h4-8,10-12H,2-3,9H2,1H3,(H,22,23). The zero-order valence-corrected chi connectivity index (χ0v) is 15.8. The first kappa shape index (κ1) is 18.2. The molecule has 26 heavy (non-hydrogen) atoms. The highest BCUT2D eigenvalue weighted by Gasteiger charge is 2.14. The number of anilines is 1. The van der Waals surface area contributed by atoms with Crippen molar-refractivity contribution < 1.29 is 18.7 Å². The maximum atomic E-state index is 12.4. The Hall–Kier alpha value is -2.60. The van der Waals surface area contributed by atoms with Crippen molar-refractivity contribution in [2.45, 2.75) is 19.8 Å². The van der Waals surface area contributed by atoms with Crippen LogP contribution in [0.5, 0.6) is 0 Å². The average molecular weight is 416 g/mol. The molecule has 3 aromatic rings. The highest BCUT2D eigenvalue weighted by atomic mass is 79.9. The van der Waals surface area contributed by atoms with Crippen LogP contribution in [0.25, 0.3) is 11.0 Å². The molecule has 5 nitrogen and oxygen atoms in total. The molecule has 0 saturated carbocycles. The molecule has 0 radical (unpaired) electrons. The first-order chi connectivity index (χ1) is 12.6. The van der Waals surface area contributed by atoms with Gasteiger partial charge >= 0.3 is 5.97 Å². The van der Waals surface area contributed by atoms with E-state index in [1.54, 1.807) is 36.4 Å². The van der Waals surface area contributed by atoms with E-state index in [2.05, 4.69) is 21.2 Å². The average Bonchev–Trinajstić information content (AvgIpc) is 3.05. The van der Waals surface area contributed by atoms with Crippen LogP contribution in [0.1, 0.15) is 40.7 Å². The number of halogens is 1. The summed E-state index contributed by atoms with van der Waals surface area (Å²) in [6.45, 7) is 2.42. The van der Waals surface area contributed by atoms with E-state index in [0.29, 0.717) is 23.4 Å². The molecule has 0 bridgehead atoms. The number of furan rings is 1. The molecule has 0 saturated heterocycles. The summed E-state index contributed by atoms with van der Waals surface area (Å²) in [5.74, 6) is -0.578. The molecule has 0 unspecified atom stereocenters. The number of amides is 1. The molecular formula is C20H18BrNO4. The molecular weight excluding hydrogens is 398 g/mol. The van der Waals surface area contributed by atoms with Crippen molar-refractivity contribution in [3.05, 3.63) is 64.3 Å². The molecule has 0 spiro atoms. The molecule has 0 atom stereocenters. The number of rotatable bonds is 6. The van der Waals surface area contributed by atoms with E-state index in [9.17, 15) is 9.59 Å². The van der Waals surface area contributed by atoms with Gasteiger partial charge in [-0.3, -0.25) is 4.79 Å². The van der Waals surface area contributed by atoms with E-state index in [1.165, 1.54) is 0 Å². The summed E-state index contributed by atoms with van der Waals surface area (Å²) in [5, 5.41) is 3.58. The Kier molecular flexibility index (Phi) is 5.73. The molecule has 1 amide bonds. The van der Waals surface area contributed by atoms with Crippen molar-refractivity contribution in [2.24, 2.45) is 0 Å². The predicted octanol–water partition coefficient (Wildman–Crippen LogP) is 5.40. The van der Waals surface area contributed by atoms with Gasteiger partial charge in [-0.05, 0) is 48.9 Å². The number of unbranched alkanes of at least 4 members (excludes halogenated alkanes) is 1. The van der Waals surface area contributed by atoms with Crippen molar-refractivity contribution in [3.63, 3.8) is 0 Å². The summed E-state index contributed by atoms with van der Waals surface area (Å²) in [6.07, 6.45) is 1.78. The van der Waals surface area contributed by atoms with Crippen LogP contribution in [0.2, 0.25) is 0 Å². The monoisotopic (exact) mass is 415 g/mol. The second kappa shape index (κ2) is 8.19. The Morgan fingerprint density at radius 1 is 1.15 bits per heavy atom. The van der Waals surface area contributed by atoms with Crippen molar-refractivity contribution >= 4 is 44.5 Å². The zero-order chi connectivity index (χ0) is 18.5. The Labute approximate surface area is 159 Å². The quantitative estimate of drug-likeness (QED) is 0.431. The van der Waals surface area contributed by atoms with E-state index in [0.717, 1.165) is 22.7 Å². The molecule has 0 aliphatic rings. The maximum Gasteiger partial charge on any atom is 0.338 e. The number of fused-ring (bicyclic) bond motifs is 1. The van der Waals surface area contributed by atoms with Gasteiger partial charge in [0.1, 0.15) is 5.58 Å². The summed E-state index contributed by atoms with van der Waals surface area (Å²) in [4.78, 5) is 24.4. The highest BCUT2D eigenvalue weighted by molar-refractivity contribution is 9.10. The van der Waals surface area contributed by atoms with Gasteiger partial charge in [-0.25, -0.2) is 4.79 Å². The molecule has 0 fully saturated rings. The van der Waals surface area contributed by atoms with Gasteiger partial charge in [-0.15, -0.1) is 0 Å². The lowest BCUT2D eigenvalue weighted by atomic mass is 10.2. The lowest BCUT2D eigenvalue weighted by Crippen LogP contribution is -2.12. The van der Waals surface area contributed by atoms with Crippen LogP contribution in [0.4, 0.5) is 5.69 Å². The summed E-state index contributed by atoms with van der Waals surface area (Å²) in [7, 11) is 0. The summed E-state index contributed by atoms with van der Waals surface area (Å²) in [6, 6.07) is 13.8. The Morgan fingerprint density at radius 2 is 2.00 bits per heavy atom. The van der Waals surface area contributed by atoms with Gasteiger partial charge in [0.2, 0.25) is 0 Å². The molecule has 6 heteroatoms. The third-order valence-electron chi connectivity index (χ3n) is 3.79. The number of benzene rings is 2. The number of hydrogen-bond acceptors (Lipinski definition) is 4. The third-order valence-corrected chi connectivity index (χ3v) is 4.28. The van der Waals surface area contributed by atoms with Crippen LogP contribution in [0.15, 0.2) is 57.4 Å². The fourth-order valence-electron chi connectivity index (χ4n) is 2.44. The molecule has 0 aliphatic heterocycles. The van der Waals surface area contributed by atoms with Crippen molar-refractivity contribution in [1.29, 1.82) is 0 Å². The van der Waals surface area contributed by atoms with Crippen molar-refractivity contribution in [3.8, 4) is 0 Å². The van der Waals surface area contributed by atoms with Gasteiger partial charge in [-0.2, -0.15) is 0 Å². The third kappa shape index (κ3) is 4.32. The van der Waals surface area contributed by atoms with E-state index in [4.69, 9.17) is 9.15 Å². The Balaban J connectivity index is 1.72. The van der Waals surface area contributed by atoms with Gasteiger partial charge < -0.3 is 14.5 Å². The molecule has 1 aromatic heterocycles. The van der Waals surface area contributed by atoms with Crippen LogP contribution >= 0.6 is 15.9 Å². The summed E-state index contributed by atoms with van der Waals surface area (Å²) >= 11 is 3.39. The number of ether oxygens (including phenoxy) is 1. The maximum absolute atomic E-state index is 12.4. The molecule has 0 aliphatic carbocycles. The van der Waals surface area contributed by atoms with Crippen LogP contribution in [-0.2, 0) is 4.74 Å². The smallest absolute Gasteiger partial charge is 0.338 e. The van der Waals surface area contributed by atoms with Gasteiger partial charge in [0, 0.05) is 15.5 Å². The number of carbonyl (C=O) groups is 2. The van der Waals surface area contributed by atoms with E-state index in [-0.39, 0.29) is 11.7 Å². The fourth-order valence-corrected chi connectivity index (χ4v) is 2.81. The summed E-state index contributed by atoms with van der Waals surface area (Å²) in [5.41, 5.74) is 1.53. The molecule has 3 rings (SSSR count). The molecule has 2 aromatic carbocycles. The summed E-state index contributed by atoms with van der Waals surface area (Å²) < 4.78 is 11.7. The van der Waals surface area contributed by atoms with E-state index < -0.39 is 5.97 Å². The van der Waals surface area contributed by atoms with Crippen LogP contribution in [0, 0.1) is 0 Å². The Morgan fingerprint density at radius 3 is 2.81 bits per heavy atom. The van der Waals surface area contributed by atoms with Crippen molar-refractivity contribution in [2.75, 3.05) is 11.9 Å². The van der Waals surface area contributed by atoms with Gasteiger partial charge in [0.25, 0.3) is 5.91 Å². The van der Waals surface area contributed by atoms with Gasteiger partial charge in [0.15, 0.2) is 5.76 Å². The SMILES string of the molecule is CCCCOC(=O)c1cccc(NC(=O)c2cc3cc(Br)ccc3o2)c1.